The molecule has 2 heterocycles. The van der Waals surface area contributed by atoms with Gasteiger partial charge in [0.1, 0.15) is 11.5 Å². The molecule has 0 radical (unpaired) electrons. The molecule has 192 valence electrons. The molecule has 12 heteroatoms. The van der Waals surface area contributed by atoms with Crippen molar-refractivity contribution in [2.45, 2.75) is 63.3 Å². The molecule has 0 aliphatic heterocycles. The fraction of sp³-hybridized carbons (Fsp3) is 0.458. The molecule has 2 aromatic heterocycles. The summed E-state index contributed by atoms with van der Waals surface area (Å²) in [6.07, 6.45) is 8.92. The lowest BCUT2D eigenvalue weighted by atomic mass is 9.95. The number of nitrogens with one attached hydrogen (secondary N) is 3. The molecular weight excluding hydrogens is 480 g/mol. The van der Waals surface area contributed by atoms with Gasteiger partial charge in [-0.3, -0.25) is 0 Å². The van der Waals surface area contributed by atoms with Gasteiger partial charge in [-0.15, -0.1) is 4.36 Å². The molecule has 1 atom stereocenters. The minimum atomic E-state index is -2.92. The van der Waals surface area contributed by atoms with E-state index < -0.39 is 15.8 Å². The first kappa shape index (κ1) is 25.5. The highest BCUT2D eigenvalue weighted by atomic mass is 32.2. The number of hydrogen-bond acceptors (Lipinski definition) is 9. The monoisotopic (exact) mass is 512 g/mol. The third-order valence-electron chi connectivity index (χ3n) is 6.01. The summed E-state index contributed by atoms with van der Waals surface area (Å²) in [5, 5.41) is 18.1. The summed E-state index contributed by atoms with van der Waals surface area (Å²) in [5.74, 6) is 1.13. The fourth-order valence-electron chi connectivity index (χ4n) is 4.15. The molecule has 0 saturated heterocycles. The number of benzene rings is 1. The highest BCUT2D eigenvalue weighted by molar-refractivity contribution is 7.93. The molecule has 1 saturated carbocycles. The second-order valence-corrected chi connectivity index (χ2v) is 10.9. The van der Waals surface area contributed by atoms with E-state index >= 15 is 0 Å². The van der Waals surface area contributed by atoms with Crippen molar-refractivity contribution in [2.75, 3.05) is 23.5 Å². The average molecular weight is 513 g/mol. The molecule has 3 aromatic rings. The van der Waals surface area contributed by atoms with Gasteiger partial charge in [0.05, 0.1) is 27.6 Å². The van der Waals surface area contributed by atoms with Gasteiger partial charge in [-0.1, -0.05) is 26.2 Å². The summed E-state index contributed by atoms with van der Waals surface area (Å²) in [7, 11) is -2.92. The Balaban J connectivity index is 1.58. The second kappa shape index (κ2) is 11.5. The molecule has 3 N–H and O–H groups in total. The van der Waals surface area contributed by atoms with Gasteiger partial charge in [0.2, 0.25) is 5.95 Å². The van der Waals surface area contributed by atoms with E-state index in [2.05, 4.69) is 35.4 Å². The van der Waals surface area contributed by atoms with Crippen LogP contribution in [0.1, 0.15) is 51.6 Å². The summed E-state index contributed by atoms with van der Waals surface area (Å²) in [6, 6.07) is 7.16. The summed E-state index contributed by atoms with van der Waals surface area (Å²) < 4.78 is 21.3. The summed E-state index contributed by atoms with van der Waals surface area (Å²) in [5.41, 5.74) is 3.11. The molecule has 1 fully saturated rings. The Morgan fingerprint density at radius 3 is 2.61 bits per heavy atom. The van der Waals surface area contributed by atoms with Crippen LogP contribution in [0, 0.1) is 0 Å². The smallest absolute Gasteiger partial charge is 0.442 e. The summed E-state index contributed by atoms with van der Waals surface area (Å²) in [4.78, 5) is 21.4. The number of ether oxygens (including phenoxy) is 1. The molecule has 1 aromatic carbocycles. The number of rotatable bonds is 8. The largest absolute Gasteiger partial charge is 0.448 e. The van der Waals surface area contributed by atoms with Gasteiger partial charge in [-0.05, 0) is 50.5 Å². The van der Waals surface area contributed by atoms with Gasteiger partial charge in [-0.2, -0.15) is 20.4 Å². The lowest BCUT2D eigenvalue weighted by molar-refractivity contribution is 0.164. The van der Waals surface area contributed by atoms with E-state index in [-0.39, 0.29) is 6.61 Å². The molecule has 11 nitrogen and oxygen atoms in total. The molecular formula is C24H32N8O3S. The number of anilines is 3. The third kappa shape index (κ3) is 6.17. The Kier molecular flexibility index (Phi) is 8.14. The van der Waals surface area contributed by atoms with Crippen LogP contribution in [0.4, 0.5) is 22.2 Å². The van der Waals surface area contributed by atoms with Gasteiger partial charge >= 0.3 is 6.09 Å². The topological polar surface area (TPSA) is 147 Å². The van der Waals surface area contributed by atoms with Crippen LogP contribution in [0.25, 0.3) is 11.3 Å². The Morgan fingerprint density at radius 2 is 1.92 bits per heavy atom. The fourth-order valence-corrected chi connectivity index (χ4v) is 5.23. The molecule has 36 heavy (non-hydrogen) atoms. The lowest BCUT2D eigenvalue weighted by Gasteiger charge is -2.24. The van der Waals surface area contributed by atoms with Crippen molar-refractivity contribution in [3.63, 3.8) is 0 Å². The SMILES string of the molecule is CCOC(=O)N=S(C)(=O)c1ccc(Nc2ncc(-c3n[nH]nc3CC)c(NC3CCCCC3)n2)cc1. The van der Waals surface area contributed by atoms with Crippen LogP contribution in [-0.2, 0) is 20.9 Å². The zero-order valence-corrected chi connectivity index (χ0v) is 21.6. The molecule has 1 aliphatic carbocycles. The van der Waals surface area contributed by atoms with Crippen molar-refractivity contribution in [1.82, 2.24) is 25.4 Å². The zero-order valence-electron chi connectivity index (χ0n) is 20.8. The van der Waals surface area contributed by atoms with Crippen molar-refractivity contribution in [3.05, 3.63) is 36.2 Å². The molecule has 1 aliphatic rings. The Labute approximate surface area is 211 Å². The molecule has 0 bridgehead atoms. The number of aromatic nitrogens is 5. The third-order valence-corrected chi connectivity index (χ3v) is 7.65. The predicted octanol–water partition coefficient (Wildman–Crippen LogP) is 4.93. The van der Waals surface area contributed by atoms with Crippen LogP contribution in [0.15, 0.2) is 39.7 Å². The van der Waals surface area contributed by atoms with Crippen LogP contribution < -0.4 is 10.6 Å². The molecule has 4 rings (SSSR count). The Hall–Kier alpha value is -3.54. The first-order valence-electron chi connectivity index (χ1n) is 12.2. The summed E-state index contributed by atoms with van der Waals surface area (Å²) >= 11 is 0. The normalized spacial score (nSPS) is 15.6. The quantitative estimate of drug-likeness (QED) is 0.382. The van der Waals surface area contributed by atoms with E-state index in [1.54, 1.807) is 37.4 Å². The summed E-state index contributed by atoms with van der Waals surface area (Å²) in [6.45, 7) is 3.88. The van der Waals surface area contributed by atoms with Crippen LogP contribution in [0.5, 0.6) is 0 Å². The maximum absolute atomic E-state index is 12.8. The number of aromatic amines is 1. The van der Waals surface area contributed by atoms with Crippen LogP contribution >= 0.6 is 0 Å². The number of carbonyl (C=O) groups is 1. The standard InChI is InChI=1S/C24H32N8O3S/c1-4-20-21(30-32-29-20)19-15-25-23(28-22(19)26-16-9-7-6-8-10-16)27-17-11-13-18(14-12-17)36(3,34)31-24(33)35-5-2/h11-16H,4-10H2,1-3H3,(H,29,30,32)(H2,25,26,27,28). The average Bonchev–Trinajstić information content (AvgIpc) is 3.34. The van der Waals surface area contributed by atoms with Gasteiger partial charge in [0.25, 0.3) is 0 Å². The van der Waals surface area contributed by atoms with Crippen molar-refractivity contribution in [3.8, 4) is 11.3 Å². The highest BCUT2D eigenvalue weighted by Gasteiger charge is 2.20. The van der Waals surface area contributed by atoms with Gasteiger partial charge in [-0.25, -0.2) is 14.0 Å². The van der Waals surface area contributed by atoms with Gasteiger partial charge in [0, 0.05) is 29.1 Å². The Bertz CT molecular complexity index is 1310. The molecule has 0 spiro atoms. The van der Waals surface area contributed by atoms with E-state index in [9.17, 15) is 9.00 Å². The van der Waals surface area contributed by atoms with E-state index in [1.165, 1.54) is 25.5 Å². The second-order valence-electron chi connectivity index (χ2n) is 8.65. The molecule has 1 amide bonds. The van der Waals surface area contributed by atoms with E-state index in [4.69, 9.17) is 9.72 Å². The van der Waals surface area contributed by atoms with Crippen molar-refractivity contribution < 1.29 is 13.7 Å². The van der Waals surface area contributed by atoms with Gasteiger partial charge < -0.3 is 15.4 Å². The van der Waals surface area contributed by atoms with Crippen molar-refractivity contribution in [2.24, 2.45) is 4.36 Å². The lowest BCUT2D eigenvalue weighted by Crippen LogP contribution is -2.23. The van der Waals surface area contributed by atoms with Crippen molar-refractivity contribution >= 4 is 33.3 Å². The maximum Gasteiger partial charge on any atom is 0.442 e. The first-order valence-corrected chi connectivity index (χ1v) is 14.1. The zero-order chi connectivity index (χ0) is 25.5. The number of hydrogen-bond donors (Lipinski definition) is 3. The number of H-pyrrole nitrogens is 1. The van der Waals surface area contributed by atoms with Gasteiger partial charge in [0.15, 0.2) is 0 Å². The minimum absolute atomic E-state index is 0.174. The number of aryl methyl sites for hydroxylation is 1. The maximum atomic E-state index is 12.8. The number of nitrogens with zero attached hydrogens (tertiary/aromatic N) is 5. The van der Waals surface area contributed by atoms with Crippen LogP contribution in [-0.4, -0.2) is 54.6 Å². The predicted molar refractivity (Wildman–Crippen MR) is 139 cm³/mol. The van der Waals surface area contributed by atoms with Crippen LogP contribution in [0.3, 0.4) is 0 Å². The van der Waals surface area contributed by atoms with E-state index in [0.29, 0.717) is 28.4 Å². The van der Waals surface area contributed by atoms with Crippen LogP contribution in [0.2, 0.25) is 0 Å². The Morgan fingerprint density at radius 1 is 1.17 bits per heavy atom. The minimum Gasteiger partial charge on any atom is -0.448 e. The van der Waals surface area contributed by atoms with E-state index in [1.807, 2.05) is 6.92 Å². The molecule has 1 unspecified atom stereocenters. The highest BCUT2D eigenvalue weighted by Crippen LogP contribution is 2.31. The number of amides is 1. The van der Waals surface area contributed by atoms with Crippen molar-refractivity contribution in [1.29, 1.82) is 0 Å². The number of carbonyl (C=O) groups excluding carboxylic acids is 1. The first-order chi connectivity index (χ1) is 17.4. The van der Waals surface area contributed by atoms with E-state index in [0.717, 1.165) is 36.2 Å².